The van der Waals surface area contributed by atoms with Crippen LogP contribution < -0.4 is 11.1 Å². The van der Waals surface area contributed by atoms with E-state index in [1.54, 1.807) is 0 Å². The van der Waals surface area contributed by atoms with Crippen molar-refractivity contribution >= 4 is 33.1 Å². The van der Waals surface area contributed by atoms with Crippen LogP contribution in [0.2, 0.25) is 0 Å². The first kappa shape index (κ1) is 17.9. The number of carbonyl (C=O) groups is 1. The van der Waals surface area contributed by atoms with E-state index in [0.29, 0.717) is 30.0 Å². The molecule has 0 atom stereocenters. The van der Waals surface area contributed by atoms with Crippen LogP contribution in [0.3, 0.4) is 0 Å². The molecule has 2 aromatic heterocycles. The van der Waals surface area contributed by atoms with Crippen LogP contribution in [-0.4, -0.2) is 22.5 Å². The van der Waals surface area contributed by atoms with Crippen molar-refractivity contribution in [2.24, 2.45) is 0 Å². The number of anilines is 1. The third-order valence-electron chi connectivity index (χ3n) is 4.04. The van der Waals surface area contributed by atoms with Crippen molar-refractivity contribution in [3.8, 4) is 0 Å². The van der Waals surface area contributed by atoms with E-state index in [0.717, 1.165) is 27.0 Å². The first-order valence-electron chi connectivity index (χ1n) is 8.32. The largest absolute Gasteiger partial charge is 0.513 e. The van der Waals surface area contributed by atoms with E-state index in [9.17, 15) is 9.90 Å². The smallest absolute Gasteiger partial charge is 0.263 e. The lowest BCUT2D eigenvalue weighted by molar-refractivity contribution is 0.0959. The first-order valence-corrected chi connectivity index (χ1v) is 9.14. The van der Waals surface area contributed by atoms with Crippen molar-refractivity contribution < 1.29 is 9.90 Å². The van der Waals surface area contributed by atoms with E-state index in [4.69, 9.17) is 5.73 Å². The number of nitrogen functional groups attached to an aromatic ring is 1. The van der Waals surface area contributed by atoms with Crippen LogP contribution in [-0.2, 0) is 12.8 Å². The minimum Gasteiger partial charge on any atom is -0.513 e. The molecular formula is C20H21N3O2S. The molecule has 0 aliphatic rings. The number of pyridine rings is 1. The Labute approximate surface area is 156 Å². The van der Waals surface area contributed by atoms with Crippen LogP contribution in [0.25, 0.3) is 10.2 Å². The first-order chi connectivity index (χ1) is 12.4. The maximum Gasteiger partial charge on any atom is 0.263 e. The van der Waals surface area contributed by atoms with Crippen molar-refractivity contribution in [3.05, 3.63) is 70.4 Å². The van der Waals surface area contributed by atoms with Crippen LogP contribution in [0.4, 0.5) is 5.69 Å². The fourth-order valence-electron chi connectivity index (χ4n) is 2.79. The number of allylic oxidation sites excluding steroid dienone is 1. The molecule has 4 N–H and O–H groups in total. The van der Waals surface area contributed by atoms with Gasteiger partial charge in [-0.3, -0.25) is 4.79 Å². The number of fused-ring (bicyclic) bond motifs is 1. The lowest BCUT2D eigenvalue weighted by Crippen LogP contribution is -2.25. The Bertz CT molecular complexity index is 978. The molecule has 0 saturated heterocycles. The van der Waals surface area contributed by atoms with E-state index in [-0.39, 0.29) is 11.7 Å². The molecule has 134 valence electrons. The Kier molecular flexibility index (Phi) is 5.23. The number of hydrogen-bond donors (Lipinski definition) is 3. The summed E-state index contributed by atoms with van der Waals surface area (Å²) in [6.45, 7) is 5.93. The zero-order valence-electron chi connectivity index (χ0n) is 14.6. The summed E-state index contributed by atoms with van der Waals surface area (Å²) in [6.07, 6.45) is 1.13. The molecule has 1 aromatic carbocycles. The zero-order chi connectivity index (χ0) is 18.7. The molecule has 0 spiro atoms. The van der Waals surface area contributed by atoms with E-state index in [1.807, 2.05) is 43.3 Å². The lowest BCUT2D eigenvalue weighted by atomic mass is 10.1. The van der Waals surface area contributed by atoms with Gasteiger partial charge in [0.25, 0.3) is 5.91 Å². The fraction of sp³-hybridized carbons (Fsp3) is 0.200. The Morgan fingerprint density at radius 3 is 2.85 bits per heavy atom. The van der Waals surface area contributed by atoms with Gasteiger partial charge in [-0.2, -0.15) is 0 Å². The average molecular weight is 367 g/mol. The quantitative estimate of drug-likeness (QED) is 0.579. The highest BCUT2D eigenvalue weighted by Crippen LogP contribution is 2.32. The summed E-state index contributed by atoms with van der Waals surface area (Å²) in [5, 5.41) is 13.1. The monoisotopic (exact) mass is 367 g/mol. The average Bonchev–Trinajstić information content (AvgIpc) is 2.90. The van der Waals surface area contributed by atoms with E-state index < -0.39 is 0 Å². The fourth-order valence-corrected chi connectivity index (χ4v) is 3.85. The standard InChI is InChI=1S/C20H21N3O2S/c1-12-6-7-16-17(21)18(26-20(16)23-12)19(25)22-9-8-14-4-3-5-15(11-14)10-13(2)24/h3-7,11,24H,2,8-10,21H2,1H3,(H,22,25). The van der Waals surface area contributed by atoms with Crippen LogP contribution in [0.1, 0.15) is 26.5 Å². The number of rotatable bonds is 6. The Morgan fingerprint density at radius 2 is 2.08 bits per heavy atom. The molecule has 3 aromatic rings. The van der Waals surface area contributed by atoms with Crippen molar-refractivity contribution in [3.63, 3.8) is 0 Å². The molecular weight excluding hydrogens is 346 g/mol. The van der Waals surface area contributed by atoms with E-state index >= 15 is 0 Å². The number of amides is 1. The van der Waals surface area contributed by atoms with Gasteiger partial charge in [0.05, 0.1) is 11.4 Å². The number of aryl methyl sites for hydroxylation is 1. The summed E-state index contributed by atoms with van der Waals surface area (Å²) in [4.78, 5) is 18.2. The van der Waals surface area contributed by atoms with E-state index in [2.05, 4.69) is 16.9 Å². The van der Waals surface area contributed by atoms with Crippen LogP contribution >= 0.6 is 11.3 Å². The molecule has 5 nitrogen and oxygen atoms in total. The zero-order valence-corrected chi connectivity index (χ0v) is 15.4. The molecule has 26 heavy (non-hydrogen) atoms. The number of carbonyl (C=O) groups excluding carboxylic acids is 1. The van der Waals surface area contributed by atoms with Crippen molar-refractivity contribution in [1.29, 1.82) is 0 Å². The minimum absolute atomic E-state index is 0.138. The summed E-state index contributed by atoms with van der Waals surface area (Å²) >= 11 is 1.32. The van der Waals surface area contributed by atoms with Gasteiger partial charge < -0.3 is 16.2 Å². The highest BCUT2D eigenvalue weighted by molar-refractivity contribution is 7.21. The molecule has 0 saturated carbocycles. The number of nitrogens with one attached hydrogen (secondary N) is 1. The summed E-state index contributed by atoms with van der Waals surface area (Å²) in [5.41, 5.74) is 9.59. The SMILES string of the molecule is C=C(O)Cc1cccc(CCNC(=O)c2sc3nc(C)ccc3c2N)c1. The number of nitrogens with zero attached hydrogens (tertiary/aromatic N) is 1. The lowest BCUT2D eigenvalue weighted by Gasteiger charge is -2.07. The van der Waals surface area contributed by atoms with Gasteiger partial charge in [-0.25, -0.2) is 4.98 Å². The van der Waals surface area contributed by atoms with Gasteiger partial charge in [-0.1, -0.05) is 30.8 Å². The van der Waals surface area contributed by atoms with Gasteiger partial charge in [0, 0.05) is 24.0 Å². The van der Waals surface area contributed by atoms with Crippen LogP contribution in [0.15, 0.2) is 48.7 Å². The van der Waals surface area contributed by atoms with Gasteiger partial charge in [0.1, 0.15) is 9.71 Å². The third kappa shape index (κ3) is 4.03. The topological polar surface area (TPSA) is 88.2 Å². The molecule has 0 bridgehead atoms. The molecule has 0 fully saturated rings. The molecule has 0 radical (unpaired) electrons. The summed E-state index contributed by atoms with van der Waals surface area (Å²) in [7, 11) is 0. The van der Waals surface area contributed by atoms with Gasteiger partial charge in [0.2, 0.25) is 0 Å². The number of thiophene rings is 1. The van der Waals surface area contributed by atoms with Gasteiger partial charge >= 0.3 is 0 Å². The molecule has 0 aliphatic carbocycles. The normalized spacial score (nSPS) is 10.8. The maximum atomic E-state index is 12.5. The predicted molar refractivity (Wildman–Crippen MR) is 107 cm³/mol. The number of nitrogens with two attached hydrogens (primary N) is 1. The highest BCUT2D eigenvalue weighted by atomic mass is 32.1. The Hall–Kier alpha value is -2.86. The molecule has 1 amide bonds. The Balaban J connectivity index is 1.64. The second kappa shape index (κ2) is 7.58. The minimum atomic E-state index is -0.178. The molecule has 3 rings (SSSR count). The third-order valence-corrected chi connectivity index (χ3v) is 5.15. The van der Waals surface area contributed by atoms with Gasteiger partial charge in [-0.05, 0) is 36.6 Å². The second-order valence-electron chi connectivity index (χ2n) is 6.22. The molecule has 0 aliphatic heterocycles. The molecule has 6 heteroatoms. The summed E-state index contributed by atoms with van der Waals surface area (Å²) in [5.74, 6) is -0.0393. The molecule has 2 heterocycles. The van der Waals surface area contributed by atoms with Crippen molar-refractivity contribution in [2.45, 2.75) is 19.8 Å². The number of aromatic nitrogens is 1. The number of aliphatic hydroxyl groups is 1. The number of aliphatic hydroxyl groups excluding tert-OH is 1. The summed E-state index contributed by atoms with van der Waals surface area (Å²) < 4.78 is 0. The maximum absolute atomic E-state index is 12.5. The van der Waals surface area contributed by atoms with E-state index in [1.165, 1.54) is 11.3 Å². The van der Waals surface area contributed by atoms with Gasteiger partial charge in [-0.15, -0.1) is 11.3 Å². The van der Waals surface area contributed by atoms with Gasteiger partial charge in [0.15, 0.2) is 0 Å². The second-order valence-corrected chi connectivity index (χ2v) is 7.22. The van der Waals surface area contributed by atoms with Crippen molar-refractivity contribution in [1.82, 2.24) is 10.3 Å². The Morgan fingerprint density at radius 1 is 1.31 bits per heavy atom. The van der Waals surface area contributed by atoms with Crippen molar-refractivity contribution in [2.75, 3.05) is 12.3 Å². The highest BCUT2D eigenvalue weighted by Gasteiger charge is 2.16. The number of benzene rings is 1. The van der Waals surface area contributed by atoms with Crippen LogP contribution in [0, 0.1) is 6.92 Å². The molecule has 0 unspecified atom stereocenters. The number of hydrogen-bond acceptors (Lipinski definition) is 5. The summed E-state index contributed by atoms with van der Waals surface area (Å²) in [6, 6.07) is 11.7. The van der Waals surface area contributed by atoms with Crippen LogP contribution in [0.5, 0.6) is 0 Å². The predicted octanol–water partition coefficient (Wildman–Crippen LogP) is 3.77.